The highest BCUT2D eigenvalue weighted by Gasteiger charge is 2.28. The topological polar surface area (TPSA) is 76.7 Å². The number of thiophene rings is 1. The van der Waals surface area contributed by atoms with Crippen LogP contribution >= 0.6 is 23.6 Å². The fourth-order valence-electron chi connectivity index (χ4n) is 3.50. The number of thiocarbonyl (C=S) groups is 1. The molecule has 1 aromatic carbocycles. The maximum atomic E-state index is 12.4. The fraction of sp³-hybridized carbons (Fsp3) is 0.435. The van der Waals surface area contributed by atoms with Crippen molar-refractivity contribution in [3.8, 4) is 0 Å². The first-order chi connectivity index (χ1) is 14.9. The number of fused-ring (bicyclic) bond motifs is 1. The lowest BCUT2D eigenvalue weighted by Crippen LogP contribution is -2.20. The molecular weight excluding hydrogens is 432 g/mol. The van der Waals surface area contributed by atoms with Gasteiger partial charge in [-0.3, -0.25) is 0 Å². The van der Waals surface area contributed by atoms with E-state index in [-0.39, 0.29) is 11.9 Å². The number of esters is 2. The first kappa shape index (κ1) is 23.2. The van der Waals surface area contributed by atoms with E-state index in [1.54, 1.807) is 35.6 Å². The van der Waals surface area contributed by atoms with Crippen molar-refractivity contribution in [2.24, 2.45) is 5.92 Å². The van der Waals surface area contributed by atoms with Crippen molar-refractivity contribution in [3.63, 3.8) is 0 Å². The Bertz CT molecular complexity index is 953. The van der Waals surface area contributed by atoms with E-state index in [0.717, 1.165) is 43.4 Å². The zero-order chi connectivity index (χ0) is 22.4. The molecule has 1 aliphatic rings. The lowest BCUT2D eigenvalue weighted by molar-refractivity contribution is 0.0499. The van der Waals surface area contributed by atoms with Crippen LogP contribution < -0.4 is 10.6 Å². The number of unbranched alkanes of at least 4 members (excludes halogenated alkanes) is 1. The number of carbonyl (C=O) groups is 2. The van der Waals surface area contributed by atoms with Gasteiger partial charge in [-0.25, -0.2) is 9.59 Å². The molecule has 0 aliphatic heterocycles. The maximum Gasteiger partial charge on any atom is 0.341 e. The highest BCUT2D eigenvalue weighted by atomic mass is 32.1. The second-order valence-electron chi connectivity index (χ2n) is 7.69. The Hall–Kier alpha value is -2.45. The Labute approximate surface area is 192 Å². The van der Waals surface area contributed by atoms with Crippen molar-refractivity contribution >= 4 is 51.3 Å². The van der Waals surface area contributed by atoms with Crippen LogP contribution in [0.2, 0.25) is 0 Å². The van der Waals surface area contributed by atoms with Gasteiger partial charge in [-0.1, -0.05) is 20.3 Å². The van der Waals surface area contributed by atoms with Crippen LogP contribution in [0, 0.1) is 5.92 Å². The second kappa shape index (κ2) is 10.7. The molecule has 1 atom stereocenters. The van der Waals surface area contributed by atoms with Crippen LogP contribution in [-0.2, 0) is 22.3 Å². The highest BCUT2D eigenvalue weighted by Crippen LogP contribution is 2.40. The van der Waals surface area contributed by atoms with Crippen molar-refractivity contribution in [3.05, 3.63) is 45.8 Å². The van der Waals surface area contributed by atoms with Gasteiger partial charge in [-0.05, 0) is 73.6 Å². The van der Waals surface area contributed by atoms with Crippen molar-refractivity contribution in [2.75, 3.05) is 24.4 Å². The van der Waals surface area contributed by atoms with Crippen LogP contribution in [0.15, 0.2) is 24.3 Å². The molecule has 1 heterocycles. The number of hydrogen-bond acceptors (Lipinski definition) is 6. The smallest absolute Gasteiger partial charge is 0.341 e. The molecule has 0 saturated heterocycles. The summed E-state index contributed by atoms with van der Waals surface area (Å²) in [5, 5.41) is 7.35. The fourth-order valence-corrected chi connectivity index (χ4v) is 5.19. The van der Waals surface area contributed by atoms with E-state index in [0.29, 0.717) is 33.8 Å². The van der Waals surface area contributed by atoms with Gasteiger partial charge in [-0.2, -0.15) is 0 Å². The maximum absolute atomic E-state index is 12.4. The molecule has 1 unspecified atom stereocenters. The Kier molecular flexibility index (Phi) is 8.03. The average molecular weight is 461 g/mol. The van der Waals surface area contributed by atoms with Crippen LogP contribution in [0.25, 0.3) is 0 Å². The van der Waals surface area contributed by atoms with E-state index in [4.69, 9.17) is 21.7 Å². The molecule has 2 N–H and O–H groups in total. The molecule has 0 spiro atoms. The normalized spacial score (nSPS) is 15.0. The largest absolute Gasteiger partial charge is 0.465 e. The monoisotopic (exact) mass is 460 g/mol. The lowest BCUT2D eigenvalue weighted by Gasteiger charge is -2.18. The molecule has 0 radical (unpaired) electrons. The Morgan fingerprint density at radius 3 is 2.61 bits per heavy atom. The average Bonchev–Trinajstić information content (AvgIpc) is 3.10. The standard InChI is InChI=1S/C23H28N2O4S2/c1-4-5-12-29-21(26)15-7-9-16(10-8-15)24-23(30)25-20-19(22(27)28-3)17-11-6-14(2)13-18(17)31-20/h7-10,14H,4-6,11-13H2,1-3H3,(H2,24,25,30). The molecule has 8 heteroatoms. The zero-order valence-electron chi connectivity index (χ0n) is 18.1. The van der Waals surface area contributed by atoms with E-state index in [9.17, 15) is 9.59 Å². The minimum Gasteiger partial charge on any atom is -0.465 e. The summed E-state index contributed by atoms with van der Waals surface area (Å²) in [7, 11) is 1.40. The number of ether oxygens (including phenoxy) is 2. The molecule has 1 aliphatic carbocycles. The minimum atomic E-state index is -0.344. The van der Waals surface area contributed by atoms with Gasteiger partial charge in [0, 0.05) is 10.6 Å². The van der Waals surface area contributed by atoms with E-state index in [2.05, 4.69) is 17.6 Å². The van der Waals surface area contributed by atoms with Gasteiger partial charge in [0.1, 0.15) is 5.00 Å². The quantitative estimate of drug-likeness (QED) is 0.324. The van der Waals surface area contributed by atoms with E-state index in [1.807, 2.05) is 6.92 Å². The molecular formula is C23H28N2O4S2. The van der Waals surface area contributed by atoms with E-state index < -0.39 is 0 Å². The molecule has 1 aromatic heterocycles. The molecule has 0 saturated carbocycles. The number of hydrogen-bond donors (Lipinski definition) is 2. The highest BCUT2D eigenvalue weighted by molar-refractivity contribution is 7.80. The van der Waals surface area contributed by atoms with Crippen LogP contribution in [0.3, 0.4) is 0 Å². The molecule has 166 valence electrons. The molecule has 0 bridgehead atoms. The predicted molar refractivity (Wildman–Crippen MR) is 128 cm³/mol. The lowest BCUT2D eigenvalue weighted by atomic mass is 9.88. The summed E-state index contributed by atoms with van der Waals surface area (Å²) in [4.78, 5) is 25.7. The first-order valence-electron chi connectivity index (χ1n) is 10.5. The van der Waals surface area contributed by atoms with Crippen LogP contribution in [0.1, 0.15) is 64.3 Å². The summed E-state index contributed by atoms with van der Waals surface area (Å²) in [6, 6.07) is 6.94. The van der Waals surface area contributed by atoms with Gasteiger partial charge in [0.25, 0.3) is 0 Å². The van der Waals surface area contributed by atoms with Gasteiger partial charge in [0.15, 0.2) is 5.11 Å². The number of anilines is 2. The van der Waals surface area contributed by atoms with Crippen molar-refractivity contribution < 1.29 is 19.1 Å². The third-order valence-corrected chi connectivity index (χ3v) is 6.61. The number of benzene rings is 1. The van der Waals surface area contributed by atoms with Crippen LogP contribution in [0.5, 0.6) is 0 Å². The van der Waals surface area contributed by atoms with Gasteiger partial charge in [0.2, 0.25) is 0 Å². The van der Waals surface area contributed by atoms with Crippen molar-refractivity contribution in [1.29, 1.82) is 0 Å². The summed E-state index contributed by atoms with van der Waals surface area (Å²) >= 11 is 7.02. The molecule has 0 amide bonds. The van der Waals surface area contributed by atoms with Crippen LogP contribution in [0.4, 0.5) is 10.7 Å². The number of rotatable bonds is 7. The third-order valence-electron chi connectivity index (χ3n) is 5.24. The van der Waals surface area contributed by atoms with Gasteiger partial charge < -0.3 is 20.1 Å². The summed E-state index contributed by atoms with van der Waals surface area (Å²) in [5.41, 5.74) is 2.89. The van der Waals surface area contributed by atoms with Gasteiger partial charge in [-0.15, -0.1) is 11.3 Å². The SMILES string of the molecule is CCCCOC(=O)c1ccc(NC(=S)Nc2sc3c(c2C(=O)OC)CCC(C)C3)cc1. The summed E-state index contributed by atoms with van der Waals surface area (Å²) in [6.07, 6.45) is 4.72. The van der Waals surface area contributed by atoms with E-state index in [1.165, 1.54) is 12.0 Å². The number of methoxy groups -OCH3 is 1. The first-order valence-corrected chi connectivity index (χ1v) is 11.7. The number of nitrogens with one attached hydrogen (secondary N) is 2. The predicted octanol–water partition coefficient (Wildman–Crippen LogP) is 5.43. The minimum absolute atomic E-state index is 0.332. The van der Waals surface area contributed by atoms with Crippen molar-refractivity contribution in [2.45, 2.75) is 46.0 Å². The Balaban J connectivity index is 1.67. The van der Waals surface area contributed by atoms with Crippen molar-refractivity contribution in [1.82, 2.24) is 0 Å². The summed E-state index contributed by atoms with van der Waals surface area (Å²) in [5.74, 6) is -0.0770. The summed E-state index contributed by atoms with van der Waals surface area (Å²) in [6.45, 7) is 4.70. The zero-order valence-corrected chi connectivity index (χ0v) is 19.7. The number of carbonyl (C=O) groups excluding carboxylic acids is 2. The Morgan fingerprint density at radius 1 is 1.19 bits per heavy atom. The molecule has 2 aromatic rings. The van der Waals surface area contributed by atoms with Gasteiger partial charge in [0.05, 0.1) is 24.8 Å². The molecule has 0 fully saturated rings. The summed E-state index contributed by atoms with van der Waals surface area (Å²) < 4.78 is 10.2. The molecule has 3 rings (SSSR count). The van der Waals surface area contributed by atoms with Crippen LogP contribution in [-0.4, -0.2) is 30.8 Å². The van der Waals surface area contributed by atoms with Gasteiger partial charge >= 0.3 is 11.9 Å². The second-order valence-corrected chi connectivity index (χ2v) is 9.21. The molecule has 6 nitrogen and oxygen atoms in total. The molecule has 31 heavy (non-hydrogen) atoms. The van der Waals surface area contributed by atoms with E-state index >= 15 is 0 Å². The Morgan fingerprint density at radius 2 is 1.94 bits per heavy atom. The third kappa shape index (κ3) is 5.83.